The maximum Gasteiger partial charge on any atom is 0.154 e. The zero-order valence-electron chi connectivity index (χ0n) is 16.0. The predicted molar refractivity (Wildman–Crippen MR) is 105 cm³/mol. The van der Waals surface area contributed by atoms with Crippen LogP contribution >= 0.6 is 0 Å². The molecule has 28 heavy (non-hydrogen) atoms. The molecule has 0 saturated heterocycles. The lowest BCUT2D eigenvalue weighted by atomic mass is 9.52. The molecule has 1 aliphatic heterocycles. The highest BCUT2D eigenvalue weighted by atomic mass is 16.3. The molecule has 6 nitrogen and oxygen atoms in total. The SMILES string of the molecule is Cc1cc(C#N)cc(O)c1-c1cc2c(nn1)N(C1CC3(CC(O)C3)C1)CCC2. The summed E-state index contributed by atoms with van der Waals surface area (Å²) in [6.07, 6.45) is 6.13. The lowest BCUT2D eigenvalue weighted by Crippen LogP contribution is -2.58. The number of anilines is 1. The third kappa shape index (κ3) is 2.65. The summed E-state index contributed by atoms with van der Waals surface area (Å²) in [4.78, 5) is 2.40. The number of phenols is 1. The second-order valence-electron chi connectivity index (χ2n) is 8.80. The quantitative estimate of drug-likeness (QED) is 0.837. The molecule has 0 unspecified atom stereocenters. The van der Waals surface area contributed by atoms with Gasteiger partial charge in [0.1, 0.15) is 5.75 Å². The number of nitrogens with zero attached hydrogens (tertiary/aromatic N) is 4. The summed E-state index contributed by atoms with van der Waals surface area (Å²) in [6.45, 7) is 2.88. The molecular formula is C22H24N4O2. The van der Waals surface area contributed by atoms with Crippen LogP contribution in [0.3, 0.4) is 0 Å². The summed E-state index contributed by atoms with van der Waals surface area (Å²) in [5.41, 5.74) is 4.12. The number of benzene rings is 1. The smallest absolute Gasteiger partial charge is 0.154 e. The Morgan fingerprint density at radius 3 is 2.64 bits per heavy atom. The van der Waals surface area contributed by atoms with Crippen LogP contribution in [0.2, 0.25) is 0 Å². The summed E-state index contributed by atoms with van der Waals surface area (Å²) in [6, 6.07) is 7.86. The Hall–Kier alpha value is -2.65. The number of aryl methyl sites for hydroxylation is 2. The first-order valence-electron chi connectivity index (χ1n) is 10.0. The average molecular weight is 376 g/mol. The molecule has 2 heterocycles. The van der Waals surface area contributed by atoms with Crippen molar-refractivity contribution in [2.45, 2.75) is 57.6 Å². The Morgan fingerprint density at radius 1 is 1.18 bits per heavy atom. The molecule has 144 valence electrons. The first-order chi connectivity index (χ1) is 13.5. The molecule has 0 atom stereocenters. The van der Waals surface area contributed by atoms with Crippen LogP contribution in [0.15, 0.2) is 18.2 Å². The normalized spacial score (nSPS) is 28.2. The van der Waals surface area contributed by atoms with Crippen LogP contribution in [0.4, 0.5) is 5.82 Å². The highest BCUT2D eigenvalue weighted by Crippen LogP contribution is 2.58. The average Bonchev–Trinajstić information content (AvgIpc) is 2.62. The van der Waals surface area contributed by atoms with Crippen molar-refractivity contribution in [2.75, 3.05) is 11.4 Å². The van der Waals surface area contributed by atoms with Crippen molar-refractivity contribution >= 4 is 5.82 Å². The van der Waals surface area contributed by atoms with Crippen LogP contribution < -0.4 is 4.90 Å². The van der Waals surface area contributed by atoms with Crippen molar-refractivity contribution in [3.05, 3.63) is 34.9 Å². The monoisotopic (exact) mass is 376 g/mol. The second kappa shape index (κ2) is 6.18. The number of phenolic OH excluding ortho intramolecular Hbond substituents is 1. The zero-order valence-corrected chi connectivity index (χ0v) is 16.0. The van der Waals surface area contributed by atoms with E-state index >= 15 is 0 Å². The lowest BCUT2D eigenvalue weighted by molar-refractivity contribution is -0.0919. The van der Waals surface area contributed by atoms with E-state index in [1.807, 2.05) is 13.0 Å². The summed E-state index contributed by atoms with van der Waals surface area (Å²) < 4.78 is 0. The van der Waals surface area contributed by atoms with Crippen LogP contribution in [-0.2, 0) is 6.42 Å². The Kier molecular flexibility index (Phi) is 3.85. The summed E-state index contributed by atoms with van der Waals surface area (Å²) in [7, 11) is 0. The predicted octanol–water partition coefficient (Wildman–Crippen LogP) is 3.09. The van der Waals surface area contributed by atoms with Gasteiger partial charge in [-0.15, -0.1) is 10.2 Å². The number of aromatic hydroxyl groups is 1. The van der Waals surface area contributed by atoms with Gasteiger partial charge >= 0.3 is 0 Å². The van der Waals surface area contributed by atoms with Crippen LogP contribution in [0, 0.1) is 23.7 Å². The van der Waals surface area contributed by atoms with E-state index in [0.29, 0.717) is 28.3 Å². The van der Waals surface area contributed by atoms with Crippen LogP contribution in [-0.4, -0.2) is 39.1 Å². The van der Waals surface area contributed by atoms with E-state index in [0.717, 1.165) is 56.5 Å². The number of hydrogen-bond donors (Lipinski definition) is 2. The molecule has 2 saturated carbocycles. The van der Waals surface area contributed by atoms with Crippen molar-refractivity contribution in [2.24, 2.45) is 5.41 Å². The third-order valence-electron chi connectivity index (χ3n) is 6.78. The summed E-state index contributed by atoms with van der Waals surface area (Å²) >= 11 is 0. The van der Waals surface area contributed by atoms with E-state index in [2.05, 4.69) is 21.2 Å². The molecule has 0 bridgehead atoms. The van der Waals surface area contributed by atoms with Crippen LogP contribution in [0.5, 0.6) is 5.75 Å². The molecule has 2 aliphatic carbocycles. The molecule has 2 N–H and O–H groups in total. The number of aliphatic hydroxyl groups is 1. The minimum absolute atomic E-state index is 0.0722. The van der Waals surface area contributed by atoms with Crippen LogP contribution in [0.25, 0.3) is 11.3 Å². The highest BCUT2D eigenvalue weighted by molar-refractivity contribution is 5.73. The minimum atomic E-state index is -0.0970. The van der Waals surface area contributed by atoms with Gasteiger partial charge in [0.25, 0.3) is 0 Å². The van der Waals surface area contributed by atoms with Crippen molar-refractivity contribution in [1.82, 2.24) is 10.2 Å². The zero-order chi connectivity index (χ0) is 19.5. The van der Waals surface area contributed by atoms with Gasteiger partial charge < -0.3 is 15.1 Å². The molecule has 0 amide bonds. The fourth-order valence-electron chi connectivity index (χ4n) is 5.47. The van der Waals surface area contributed by atoms with Crippen molar-refractivity contribution in [3.8, 4) is 23.1 Å². The number of fused-ring (bicyclic) bond motifs is 1. The van der Waals surface area contributed by atoms with Gasteiger partial charge in [-0.1, -0.05) is 0 Å². The van der Waals surface area contributed by atoms with Gasteiger partial charge in [-0.25, -0.2) is 0 Å². The number of nitriles is 1. The Labute approximate surface area is 164 Å². The van der Waals surface area contributed by atoms with Gasteiger partial charge in [-0.3, -0.25) is 0 Å². The van der Waals surface area contributed by atoms with Crippen molar-refractivity contribution < 1.29 is 10.2 Å². The van der Waals surface area contributed by atoms with Gasteiger partial charge in [-0.05, 0) is 80.2 Å². The van der Waals surface area contributed by atoms with Crippen LogP contribution in [0.1, 0.15) is 48.8 Å². The topological polar surface area (TPSA) is 93.3 Å². The van der Waals surface area contributed by atoms with E-state index in [1.165, 1.54) is 11.6 Å². The highest BCUT2D eigenvalue weighted by Gasteiger charge is 2.54. The Morgan fingerprint density at radius 2 is 1.96 bits per heavy atom. The number of aliphatic hydroxyl groups excluding tert-OH is 1. The van der Waals surface area contributed by atoms with Crippen molar-refractivity contribution in [1.29, 1.82) is 5.26 Å². The van der Waals surface area contributed by atoms with Gasteiger partial charge in [0, 0.05) is 18.2 Å². The van der Waals surface area contributed by atoms with E-state index < -0.39 is 0 Å². The molecule has 3 aliphatic rings. The van der Waals surface area contributed by atoms with Gasteiger partial charge in [0.15, 0.2) is 5.82 Å². The fourth-order valence-corrected chi connectivity index (χ4v) is 5.47. The fraction of sp³-hybridized carbons (Fsp3) is 0.500. The third-order valence-corrected chi connectivity index (χ3v) is 6.78. The maximum atomic E-state index is 10.4. The molecule has 1 aromatic carbocycles. The molecule has 2 fully saturated rings. The molecule has 1 spiro atoms. The molecule has 0 radical (unpaired) electrons. The van der Waals surface area contributed by atoms with E-state index in [-0.39, 0.29) is 11.9 Å². The number of rotatable bonds is 2. The Balaban J connectivity index is 1.43. The minimum Gasteiger partial charge on any atom is -0.507 e. The first kappa shape index (κ1) is 17.4. The largest absolute Gasteiger partial charge is 0.507 e. The van der Waals surface area contributed by atoms with Gasteiger partial charge in [-0.2, -0.15) is 5.26 Å². The molecule has 2 aromatic rings. The van der Waals surface area contributed by atoms with Gasteiger partial charge in [0.05, 0.1) is 23.4 Å². The second-order valence-corrected chi connectivity index (χ2v) is 8.80. The van der Waals surface area contributed by atoms with Crippen molar-refractivity contribution in [3.63, 3.8) is 0 Å². The van der Waals surface area contributed by atoms with E-state index in [1.54, 1.807) is 6.07 Å². The molecule has 1 aromatic heterocycles. The van der Waals surface area contributed by atoms with E-state index in [9.17, 15) is 10.2 Å². The maximum absolute atomic E-state index is 10.4. The standard InChI is InChI=1S/C22H24N4O2/c1-13-5-14(12-23)6-19(28)20(13)18-7-15-3-2-4-26(21(15)25-24-18)16-8-22(9-16)10-17(27)11-22/h5-7,16-17,27-28H,2-4,8-11H2,1H3. The summed E-state index contributed by atoms with van der Waals surface area (Å²) in [5.74, 6) is 1.04. The Bertz CT molecular complexity index is 960. The molecular weight excluding hydrogens is 352 g/mol. The number of hydrogen-bond acceptors (Lipinski definition) is 6. The first-order valence-corrected chi connectivity index (χ1v) is 10.0. The van der Waals surface area contributed by atoms with E-state index in [4.69, 9.17) is 5.26 Å². The lowest BCUT2D eigenvalue weighted by Gasteiger charge is -2.59. The molecule has 5 rings (SSSR count). The summed E-state index contributed by atoms with van der Waals surface area (Å²) in [5, 5.41) is 38.1. The molecule has 6 heteroatoms. The van der Waals surface area contributed by atoms with Gasteiger partial charge in [0.2, 0.25) is 0 Å². The number of aromatic nitrogens is 2.